The molecule has 0 fully saturated rings. The van der Waals surface area contributed by atoms with Crippen LogP contribution in [0.3, 0.4) is 0 Å². The average Bonchev–Trinajstić information content (AvgIpc) is 2.32. The van der Waals surface area contributed by atoms with Gasteiger partial charge in [0.1, 0.15) is 0 Å². The molecule has 0 aliphatic heterocycles. The van der Waals surface area contributed by atoms with Crippen LogP contribution in [0.25, 0.3) is 0 Å². The van der Waals surface area contributed by atoms with Gasteiger partial charge in [-0.3, -0.25) is 0 Å². The van der Waals surface area contributed by atoms with Crippen LogP contribution in [0.4, 0.5) is 0 Å². The molecule has 2 unspecified atom stereocenters. The molecule has 1 nitrogen and oxygen atoms in total. The van der Waals surface area contributed by atoms with Crippen LogP contribution in [0, 0.1) is 5.92 Å². The molecule has 102 valence electrons. The van der Waals surface area contributed by atoms with Crippen molar-refractivity contribution >= 4 is 23.2 Å². The van der Waals surface area contributed by atoms with E-state index < -0.39 is 0 Å². The normalized spacial score (nSPS) is 14.5. The third kappa shape index (κ3) is 4.79. The van der Waals surface area contributed by atoms with E-state index in [1.54, 1.807) is 0 Å². The van der Waals surface area contributed by atoms with E-state index in [1.807, 2.05) is 18.2 Å². The van der Waals surface area contributed by atoms with Crippen LogP contribution in [0.15, 0.2) is 18.2 Å². The lowest BCUT2D eigenvalue weighted by molar-refractivity contribution is 0.395. The zero-order chi connectivity index (χ0) is 13.5. The molecule has 0 heterocycles. The minimum atomic E-state index is 0.294. The Bertz CT molecular complexity index is 366. The Kier molecular flexibility index (Phi) is 7.06. The summed E-state index contributed by atoms with van der Waals surface area (Å²) in [6.07, 6.45) is 3.57. The zero-order valence-electron chi connectivity index (χ0n) is 11.5. The van der Waals surface area contributed by atoms with Gasteiger partial charge in [0, 0.05) is 16.1 Å². The van der Waals surface area contributed by atoms with Gasteiger partial charge < -0.3 is 5.32 Å². The van der Waals surface area contributed by atoms with Crippen LogP contribution in [0.2, 0.25) is 10.0 Å². The third-order valence-electron chi connectivity index (χ3n) is 3.20. The fourth-order valence-electron chi connectivity index (χ4n) is 2.36. The van der Waals surface area contributed by atoms with E-state index in [4.69, 9.17) is 23.2 Å². The van der Waals surface area contributed by atoms with Crippen LogP contribution in [0.1, 0.15) is 51.6 Å². The van der Waals surface area contributed by atoms with E-state index in [0.717, 1.165) is 28.6 Å². The molecule has 0 amide bonds. The van der Waals surface area contributed by atoms with Gasteiger partial charge in [-0.1, -0.05) is 56.8 Å². The van der Waals surface area contributed by atoms with E-state index >= 15 is 0 Å². The summed E-state index contributed by atoms with van der Waals surface area (Å²) in [5.74, 6) is 0.689. The molecular formula is C15H23Cl2N. The van der Waals surface area contributed by atoms with Gasteiger partial charge in [-0.15, -0.1) is 0 Å². The number of benzene rings is 1. The van der Waals surface area contributed by atoms with Gasteiger partial charge in [0.2, 0.25) is 0 Å². The summed E-state index contributed by atoms with van der Waals surface area (Å²) < 4.78 is 0. The maximum Gasteiger partial charge on any atom is 0.0454 e. The Hall–Kier alpha value is -0.240. The molecule has 0 aliphatic carbocycles. The van der Waals surface area contributed by atoms with Gasteiger partial charge in [-0.2, -0.15) is 0 Å². The quantitative estimate of drug-likeness (QED) is 0.701. The molecule has 0 spiro atoms. The molecule has 0 aromatic heterocycles. The fourth-order valence-corrected chi connectivity index (χ4v) is 2.79. The van der Waals surface area contributed by atoms with Gasteiger partial charge in [0.05, 0.1) is 0 Å². The summed E-state index contributed by atoms with van der Waals surface area (Å²) in [6.45, 7) is 7.58. The van der Waals surface area contributed by atoms with E-state index in [-0.39, 0.29) is 0 Å². The maximum atomic E-state index is 6.29. The Morgan fingerprint density at radius 1 is 1.22 bits per heavy atom. The summed E-state index contributed by atoms with van der Waals surface area (Å²) in [7, 11) is 0. The van der Waals surface area contributed by atoms with E-state index in [9.17, 15) is 0 Å². The van der Waals surface area contributed by atoms with Crippen molar-refractivity contribution in [3.63, 3.8) is 0 Å². The highest BCUT2D eigenvalue weighted by Crippen LogP contribution is 2.31. The lowest BCUT2D eigenvalue weighted by Crippen LogP contribution is -2.23. The van der Waals surface area contributed by atoms with Crippen molar-refractivity contribution in [2.75, 3.05) is 6.54 Å². The highest BCUT2D eigenvalue weighted by atomic mass is 35.5. The summed E-state index contributed by atoms with van der Waals surface area (Å²) in [6, 6.07) is 6.00. The van der Waals surface area contributed by atoms with Crippen molar-refractivity contribution in [3.8, 4) is 0 Å². The van der Waals surface area contributed by atoms with Crippen LogP contribution in [-0.2, 0) is 0 Å². The molecule has 0 saturated carbocycles. The SMILES string of the molecule is CCCC(C)CC(NCC)c1cc(Cl)ccc1Cl. The number of hydrogen-bond donors (Lipinski definition) is 1. The molecule has 1 aromatic carbocycles. The molecule has 18 heavy (non-hydrogen) atoms. The largest absolute Gasteiger partial charge is 0.310 e. The predicted molar refractivity (Wildman–Crippen MR) is 81.6 cm³/mol. The first kappa shape index (κ1) is 15.8. The lowest BCUT2D eigenvalue weighted by atomic mass is 9.93. The van der Waals surface area contributed by atoms with E-state index in [2.05, 4.69) is 26.1 Å². The van der Waals surface area contributed by atoms with Crippen LogP contribution < -0.4 is 5.32 Å². The van der Waals surface area contributed by atoms with Gasteiger partial charge in [-0.25, -0.2) is 0 Å². The van der Waals surface area contributed by atoms with Crippen LogP contribution in [0.5, 0.6) is 0 Å². The van der Waals surface area contributed by atoms with Crippen molar-refractivity contribution in [1.82, 2.24) is 5.32 Å². The summed E-state index contributed by atoms with van der Waals surface area (Å²) in [4.78, 5) is 0. The predicted octanol–water partition coefficient (Wildman–Crippen LogP) is 5.47. The van der Waals surface area contributed by atoms with Gasteiger partial charge in [-0.05, 0) is 42.6 Å². The molecule has 1 N–H and O–H groups in total. The minimum Gasteiger partial charge on any atom is -0.310 e. The maximum absolute atomic E-state index is 6.29. The smallest absolute Gasteiger partial charge is 0.0454 e. The highest BCUT2D eigenvalue weighted by molar-refractivity contribution is 6.33. The van der Waals surface area contributed by atoms with Crippen LogP contribution in [-0.4, -0.2) is 6.54 Å². The molecule has 0 saturated heterocycles. The van der Waals surface area contributed by atoms with Crippen molar-refractivity contribution in [1.29, 1.82) is 0 Å². The van der Waals surface area contributed by atoms with Crippen molar-refractivity contribution in [2.24, 2.45) is 5.92 Å². The van der Waals surface area contributed by atoms with Crippen molar-refractivity contribution in [2.45, 2.75) is 46.1 Å². The van der Waals surface area contributed by atoms with Gasteiger partial charge >= 0.3 is 0 Å². The van der Waals surface area contributed by atoms with Crippen molar-refractivity contribution in [3.05, 3.63) is 33.8 Å². The zero-order valence-corrected chi connectivity index (χ0v) is 13.0. The summed E-state index contributed by atoms with van der Waals surface area (Å²) >= 11 is 12.4. The first-order valence-electron chi connectivity index (χ1n) is 6.76. The molecule has 0 radical (unpaired) electrons. The van der Waals surface area contributed by atoms with E-state index in [0.29, 0.717) is 12.0 Å². The third-order valence-corrected chi connectivity index (χ3v) is 3.78. The van der Waals surface area contributed by atoms with Crippen molar-refractivity contribution < 1.29 is 0 Å². The van der Waals surface area contributed by atoms with Crippen LogP contribution >= 0.6 is 23.2 Å². The average molecular weight is 288 g/mol. The Morgan fingerprint density at radius 2 is 1.94 bits per heavy atom. The molecule has 2 atom stereocenters. The standard InChI is InChI=1S/C15H23Cl2N/c1-4-6-11(3)9-15(18-5-2)13-10-12(16)7-8-14(13)17/h7-8,10-11,15,18H,4-6,9H2,1-3H3. The molecule has 0 bridgehead atoms. The number of nitrogens with one attached hydrogen (secondary N) is 1. The topological polar surface area (TPSA) is 12.0 Å². The number of halogens is 2. The molecule has 1 rings (SSSR count). The second kappa shape index (κ2) is 8.04. The number of hydrogen-bond acceptors (Lipinski definition) is 1. The second-order valence-corrected chi connectivity index (χ2v) is 5.75. The van der Waals surface area contributed by atoms with Gasteiger partial charge in [0.25, 0.3) is 0 Å². The highest BCUT2D eigenvalue weighted by Gasteiger charge is 2.17. The Morgan fingerprint density at radius 3 is 2.56 bits per heavy atom. The molecule has 1 aromatic rings. The minimum absolute atomic E-state index is 0.294. The number of rotatable bonds is 7. The van der Waals surface area contributed by atoms with E-state index in [1.165, 1.54) is 12.8 Å². The van der Waals surface area contributed by atoms with Gasteiger partial charge in [0.15, 0.2) is 0 Å². The molecule has 0 aliphatic rings. The summed E-state index contributed by atoms with van der Waals surface area (Å²) in [5, 5.41) is 5.06. The lowest BCUT2D eigenvalue weighted by Gasteiger charge is -2.23. The monoisotopic (exact) mass is 287 g/mol. The first-order valence-corrected chi connectivity index (χ1v) is 7.52. The molecular weight excluding hydrogens is 265 g/mol. The molecule has 3 heteroatoms. The Labute approximate surface area is 121 Å². The first-order chi connectivity index (χ1) is 8.58. The second-order valence-electron chi connectivity index (χ2n) is 4.91. The fraction of sp³-hybridized carbons (Fsp3) is 0.600. The Balaban J connectivity index is 2.85. The summed E-state index contributed by atoms with van der Waals surface area (Å²) in [5.41, 5.74) is 1.12.